The van der Waals surface area contributed by atoms with Crippen LogP contribution >= 0.6 is 0 Å². The van der Waals surface area contributed by atoms with Gasteiger partial charge in [-0.1, -0.05) is 30.3 Å². The number of hydrogen-bond acceptors (Lipinski definition) is 4. The van der Waals surface area contributed by atoms with Gasteiger partial charge in [0, 0.05) is 31.8 Å². The van der Waals surface area contributed by atoms with Crippen LogP contribution in [0, 0.1) is 0 Å². The molecule has 1 amide bonds. The van der Waals surface area contributed by atoms with E-state index in [1.165, 1.54) is 0 Å². The molecule has 0 saturated carbocycles. The second-order valence-electron chi connectivity index (χ2n) is 7.01. The SMILES string of the molecule is CN([C@H]1CCCN(Cc2ccccc2)C1=O)C1(CO)CCOCC1. The Morgan fingerprint density at radius 2 is 2.00 bits per heavy atom. The molecule has 0 bridgehead atoms. The zero-order valence-corrected chi connectivity index (χ0v) is 14.5. The summed E-state index contributed by atoms with van der Waals surface area (Å²) < 4.78 is 5.46. The number of aliphatic hydroxyl groups excluding tert-OH is 1. The molecule has 3 rings (SSSR count). The van der Waals surface area contributed by atoms with Gasteiger partial charge in [-0.25, -0.2) is 0 Å². The quantitative estimate of drug-likeness (QED) is 0.891. The number of piperidine rings is 1. The van der Waals surface area contributed by atoms with E-state index in [4.69, 9.17) is 4.74 Å². The van der Waals surface area contributed by atoms with Gasteiger partial charge in [-0.3, -0.25) is 9.69 Å². The number of rotatable bonds is 5. The maximum Gasteiger partial charge on any atom is 0.240 e. The molecule has 132 valence electrons. The summed E-state index contributed by atoms with van der Waals surface area (Å²) >= 11 is 0. The molecule has 24 heavy (non-hydrogen) atoms. The van der Waals surface area contributed by atoms with Gasteiger partial charge in [0.25, 0.3) is 0 Å². The molecule has 0 aliphatic carbocycles. The lowest BCUT2D eigenvalue weighted by molar-refractivity contribution is -0.147. The number of hydrogen-bond donors (Lipinski definition) is 1. The van der Waals surface area contributed by atoms with Crippen molar-refractivity contribution in [1.82, 2.24) is 9.80 Å². The fourth-order valence-corrected chi connectivity index (χ4v) is 3.94. The maximum absolute atomic E-state index is 13.0. The Labute approximate surface area is 144 Å². The summed E-state index contributed by atoms with van der Waals surface area (Å²) in [5, 5.41) is 10.0. The number of likely N-dealkylation sites (N-methyl/N-ethyl adjacent to an activating group) is 1. The van der Waals surface area contributed by atoms with E-state index in [1.54, 1.807) is 0 Å². The third-order valence-electron chi connectivity index (χ3n) is 5.65. The molecule has 0 aromatic heterocycles. The van der Waals surface area contributed by atoms with Gasteiger partial charge in [0.2, 0.25) is 5.91 Å². The Morgan fingerprint density at radius 1 is 1.29 bits per heavy atom. The van der Waals surface area contributed by atoms with Crippen molar-refractivity contribution in [2.45, 2.75) is 43.8 Å². The van der Waals surface area contributed by atoms with Crippen LogP contribution in [0.1, 0.15) is 31.2 Å². The van der Waals surface area contributed by atoms with Crippen molar-refractivity contribution in [2.75, 3.05) is 33.4 Å². The van der Waals surface area contributed by atoms with E-state index >= 15 is 0 Å². The smallest absolute Gasteiger partial charge is 0.240 e. The first kappa shape index (κ1) is 17.4. The molecule has 2 fully saturated rings. The summed E-state index contributed by atoms with van der Waals surface area (Å²) in [6.07, 6.45) is 3.43. The summed E-state index contributed by atoms with van der Waals surface area (Å²) in [5.41, 5.74) is 0.839. The van der Waals surface area contributed by atoms with E-state index < -0.39 is 0 Å². The van der Waals surface area contributed by atoms with Crippen LogP contribution in [-0.2, 0) is 16.1 Å². The number of nitrogens with zero attached hydrogens (tertiary/aromatic N) is 2. The molecule has 1 aromatic carbocycles. The van der Waals surface area contributed by atoms with Crippen LogP contribution in [0.5, 0.6) is 0 Å². The molecule has 2 aliphatic heterocycles. The summed E-state index contributed by atoms with van der Waals surface area (Å²) in [6, 6.07) is 10.00. The molecule has 2 aliphatic rings. The van der Waals surface area contributed by atoms with Gasteiger partial charge in [0.1, 0.15) is 0 Å². The second kappa shape index (κ2) is 7.64. The molecule has 5 heteroatoms. The molecular weight excluding hydrogens is 304 g/mol. The zero-order chi connectivity index (χ0) is 17.0. The van der Waals surface area contributed by atoms with Crippen LogP contribution in [0.2, 0.25) is 0 Å². The lowest BCUT2D eigenvalue weighted by Crippen LogP contribution is -2.61. The second-order valence-corrected chi connectivity index (χ2v) is 7.01. The zero-order valence-electron chi connectivity index (χ0n) is 14.5. The van der Waals surface area contributed by atoms with Gasteiger partial charge < -0.3 is 14.7 Å². The third kappa shape index (κ3) is 3.48. The molecule has 1 atom stereocenters. The lowest BCUT2D eigenvalue weighted by atomic mass is 9.86. The normalized spacial score (nSPS) is 24.4. The summed E-state index contributed by atoms with van der Waals surface area (Å²) in [4.78, 5) is 17.1. The van der Waals surface area contributed by atoms with Gasteiger partial charge in [-0.05, 0) is 38.3 Å². The van der Waals surface area contributed by atoms with Crippen molar-refractivity contribution in [2.24, 2.45) is 0 Å². The minimum Gasteiger partial charge on any atom is -0.394 e. The number of benzene rings is 1. The van der Waals surface area contributed by atoms with Crippen LogP contribution in [-0.4, -0.2) is 65.8 Å². The van der Waals surface area contributed by atoms with E-state index in [-0.39, 0.29) is 24.1 Å². The van der Waals surface area contributed by atoms with Gasteiger partial charge in [-0.2, -0.15) is 0 Å². The first-order chi connectivity index (χ1) is 11.7. The van der Waals surface area contributed by atoms with E-state index in [0.717, 1.165) is 37.8 Å². The highest BCUT2D eigenvalue weighted by Crippen LogP contribution is 2.31. The highest BCUT2D eigenvalue weighted by atomic mass is 16.5. The fraction of sp³-hybridized carbons (Fsp3) is 0.632. The molecular formula is C19H28N2O3. The van der Waals surface area contributed by atoms with Gasteiger partial charge >= 0.3 is 0 Å². The van der Waals surface area contributed by atoms with Crippen LogP contribution in [0.25, 0.3) is 0 Å². The Hall–Kier alpha value is -1.43. The van der Waals surface area contributed by atoms with Crippen molar-refractivity contribution in [3.63, 3.8) is 0 Å². The van der Waals surface area contributed by atoms with Crippen molar-refractivity contribution in [3.05, 3.63) is 35.9 Å². The highest BCUT2D eigenvalue weighted by molar-refractivity contribution is 5.82. The number of carbonyl (C=O) groups excluding carboxylic acids is 1. The molecule has 2 saturated heterocycles. The molecule has 1 N–H and O–H groups in total. The number of carbonyl (C=O) groups is 1. The number of aliphatic hydroxyl groups is 1. The molecule has 2 heterocycles. The first-order valence-electron chi connectivity index (χ1n) is 8.90. The third-order valence-corrected chi connectivity index (χ3v) is 5.65. The largest absolute Gasteiger partial charge is 0.394 e. The van der Waals surface area contributed by atoms with Crippen LogP contribution in [0.3, 0.4) is 0 Å². The first-order valence-corrected chi connectivity index (χ1v) is 8.90. The standard InChI is InChI=1S/C19H28N2O3/c1-20(19(15-22)9-12-24-13-10-19)17-8-5-11-21(18(17)23)14-16-6-3-2-4-7-16/h2-4,6-7,17,22H,5,8-15H2,1H3/t17-/m0/s1. The Kier molecular flexibility index (Phi) is 5.54. The molecule has 0 unspecified atom stereocenters. The van der Waals surface area contributed by atoms with Gasteiger partial charge in [0.05, 0.1) is 12.6 Å². The van der Waals surface area contributed by atoms with E-state index in [1.807, 2.05) is 30.1 Å². The minimum atomic E-state index is -0.325. The Bertz CT molecular complexity index is 543. The monoisotopic (exact) mass is 332 g/mol. The van der Waals surface area contributed by atoms with Crippen molar-refractivity contribution in [1.29, 1.82) is 0 Å². The lowest BCUT2D eigenvalue weighted by Gasteiger charge is -2.48. The fourth-order valence-electron chi connectivity index (χ4n) is 3.94. The molecule has 0 spiro atoms. The average molecular weight is 332 g/mol. The Morgan fingerprint density at radius 3 is 2.67 bits per heavy atom. The van der Waals surface area contributed by atoms with Crippen LogP contribution < -0.4 is 0 Å². The summed E-state index contributed by atoms with van der Waals surface area (Å²) in [5.74, 6) is 0.187. The van der Waals surface area contributed by atoms with Crippen molar-refractivity contribution < 1.29 is 14.6 Å². The summed E-state index contributed by atoms with van der Waals surface area (Å²) in [6.45, 7) is 2.86. The maximum atomic E-state index is 13.0. The van der Waals surface area contributed by atoms with Crippen molar-refractivity contribution in [3.8, 4) is 0 Å². The Balaban J connectivity index is 1.72. The van der Waals surface area contributed by atoms with Crippen molar-refractivity contribution >= 4 is 5.91 Å². The topological polar surface area (TPSA) is 53.0 Å². The van der Waals surface area contributed by atoms with E-state index in [2.05, 4.69) is 17.0 Å². The van der Waals surface area contributed by atoms with E-state index in [9.17, 15) is 9.90 Å². The van der Waals surface area contributed by atoms with Gasteiger partial charge in [0.15, 0.2) is 0 Å². The molecule has 1 aromatic rings. The average Bonchev–Trinajstić information content (AvgIpc) is 2.64. The predicted molar refractivity (Wildman–Crippen MR) is 92.5 cm³/mol. The number of likely N-dealkylation sites (tertiary alicyclic amines) is 1. The minimum absolute atomic E-state index is 0.0787. The van der Waals surface area contributed by atoms with Crippen LogP contribution in [0.4, 0.5) is 0 Å². The molecule has 0 radical (unpaired) electrons. The van der Waals surface area contributed by atoms with Gasteiger partial charge in [-0.15, -0.1) is 0 Å². The van der Waals surface area contributed by atoms with Crippen LogP contribution in [0.15, 0.2) is 30.3 Å². The number of ether oxygens (including phenoxy) is 1. The van der Waals surface area contributed by atoms with E-state index in [0.29, 0.717) is 19.8 Å². The predicted octanol–water partition coefficient (Wildman–Crippen LogP) is 1.65. The number of amides is 1. The highest BCUT2D eigenvalue weighted by Gasteiger charge is 2.43. The summed E-state index contributed by atoms with van der Waals surface area (Å²) in [7, 11) is 2.00. The molecule has 5 nitrogen and oxygen atoms in total.